The van der Waals surface area contributed by atoms with Crippen LogP contribution in [0.2, 0.25) is 0 Å². The van der Waals surface area contributed by atoms with Crippen molar-refractivity contribution in [3.8, 4) is 0 Å². The van der Waals surface area contributed by atoms with Crippen LogP contribution in [0.3, 0.4) is 0 Å². The fraction of sp³-hybridized carbons (Fsp3) is 0.625. The fourth-order valence-electron chi connectivity index (χ4n) is 3.73. The molecule has 0 heteroatoms. The highest BCUT2D eigenvalue weighted by Crippen LogP contribution is 2.47. The molecule has 1 aromatic rings. The molecule has 2 unspecified atom stereocenters. The summed E-state index contributed by atoms with van der Waals surface area (Å²) in [4.78, 5) is 0. The van der Waals surface area contributed by atoms with E-state index in [-0.39, 0.29) is 0 Å². The van der Waals surface area contributed by atoms with Gasteiger partial charge in [0.2, 0.25) is 0 Å². The highest BCUT2D eigenvalue weighted by molar-refractivity contribution is 5.27. The zero-order valence-electron chi connectivity index (χ0n) is 10.7. The summed E-state index contributed by atoms with van der Waals surface area (Å²) < 4.78 is 0. The first kappa shape index (κ1) is 11.7. The van der Waals surface area contributed by atoms with E-state index >= 15 is 0 Å². The SMILES string of the molecule is CCC1CCCCC1(CC)c1ccccc1. The summed E-state index contributed by atoms with van der Waals surface area (Å²) in [7, 11) is 0. The van der Waals surface area contributed by atoms with Crippen molar-refractivity contribution in [2.24, 2.45) is 5.92 Å². The van der Waals surface area contributed by atoms with Crippen molar-refractivity contribution in [1.29, 1.82) is 0 Å². The summed E-state index contributed by atoms with van der Waals surface area (Å²) in [6.45, 7) is 4.74. The largest absolute Gasteiger partial charge is 0.0651 e. The lowest BCUT2D eigenvalue weighted by atomic mass is 9.60. The van der Waals surface area contributed by atoms with Gasteiger partial charge in [0.25, 0.3) is 0 Å². The van der Waals surface area contributed by atoms with Gasteiger partial charge in [0.05, 0.1) is 0 Å². The first-order valence-electron chi connectivity index (χ1n) is 6.89. The van der Waals surface area contributed by atoms with Gasteiger partial charge in [-0.2, -0.15) is 0 Å². The minimum atomic E-state index is 0.480. The number of hydrogen-bond donors (Lipinski definition) is 0. The normalized spacial score (nSPS) is 30.2. The maximum absolute atomic E-state index is 2.38. The molecule has 0 aliphatic heterocycles. The van der Waals surface area contributed by atoms with Gasteiger partial charge in [0.1, 0.15) is 0 Å². The molecule has 0 nitrogen and oxygen atoms in total. The Morgan fingerprint density at radius 1 is 1.12 bits per heavy atom. The molecule has 2 atom stereocenters. The smallest absolute Gasteiger partial charge is 0.00215 e. The van der Waals surface area contributed by atoms with Gasteiger partial charge in [-0.25, -0.2) is 0 Å². The van der Waals surface area contributed by atoms with Gasteiger partial charge in [0.15, 0.2) is 0 Å². The predicted octanol–water partition coefficient (Wildman–Crippen LogP) is 4.93. The Morgan fingerprint density at radius 2 is 1.88 bits per heavy atom. The standard InChI is InChI=1S/C16H24/c1-3-14-10-8-9-13-16(14,4-2)15-11-6-5-7-12-15/h5-7,11-12,14H,3-4,8-10,13H2,1-2H3. The summed E-state index contributed by atoms with van der Waals surface area (Å²) in [6, 6.07) is 11.2. The molecule has 88 valence electrons. The monoisotopic (exact) mass is 216 g/mol. The average Bonchev–Trinajstić information content (AvgIpc) is 2.39. The minimum Gasteiger partial charge on any atom is -0.0651 e. The van der Waals surface area contributed by atoms with Crippen molar-refractivity contribution in [2.45, 2.75) is 57.8 Å². The summed E-state index contributed by atoms with van der Waals surface area (Å²) in [5.41, 5.74) is 2.07. The van der Waals surface area contributed by atoms with Gasteiger partial charge in [0, 0.05) is 0 Å². The zero-order chi connectivity index (χ0) is 11.4. The topological polar surface area (TPSA) is 0 Å². The van der Waals surface area contributed by atoms with Crippen molar-refractivity contribution in [1.82, 2.24) is 0 Å². The average molecular weight is 216 g/mol. The summed E-state index contributed by atoms with van der Waals surface area (Å²) in [5.74, 6) is 0.897. The molecule has 1 aromatic carbocycles. The van der Waals surface area contributed by atoms with Crippen LogP contribution in [0.5, 0.6) is 0 Å². The number of rotatable bonds is 3. The number of benzene rings is 1. The van der Waals surface area contributed by atoms with Gasteiger partial charge in [-0.05, 0) is 36.2 Å². The summed E-state index contributed by atoms with van der Waals surface area (Å²) >= 11 is 0. The third-order valence-electron chi connectivity index (χ3n) is 4.68. The Balaban J connectivity index is 2.36. The van der Waals surface area contributed by atoms with E-state index < -0.39 is 0 Å². The van der Waals surface area contributed by atoms with E-state index in [1.807, 2.05) is 0 Å². The van der Waals surface area contributed by atoms with Crippen LogP contribution in [0.4, 0.5) is 0 Å². The molecule has 0 N–H and O–H groups in total. The van der Waals surface area contributed by atoms with Crippen molar-refractivity contribution in [3.63, 3.8) is 0 Å². The second-order valence-electron chi connectivity index (χ2n) is 5.23. The predicted molar refractivity (Wildman–Crippen MR) is 70.7 cm³/mol. The van der Waals surface area contributed by atoms with E-state index in [0.717, 1.165) is 5.92 Å². The van der Waals surface area contributed by atoms with Crippen LogP contribution in [0.25, 0.3) is 0 Å². The Morgan fingerprint density at radius 3 is 2.50 bits per heavy atom. The molecule has 0 bridgehead atoms. The van der Waals surface area contributed by atoms with Crippen LogP contribution in [-0.4, -0.2) is 0 Å². The second-order valence-corrected chi connectivity index (χ2v) is 5.23. The summed E-state index contributed by atoms with van der Waals surface area (Å²) in [5, 5.41) is 0. The van der Waals surface area contributed by atoms with E-state index in [1.54, 1.807) is 5.56 Å². The van der Waals surface area contributed by atoms with Crippen molar-refractivity contribution in [3.05, 3.63) is 35.9 Å². The molecule has 16 heavy (non-hydrogen) atoms. The zero-order valence-corrected chi connectivity index (χ0v) is 10.7. The Labute approximate surface area is 100 Å². The highest BCUT2D eigenvalue weighted by Gasteiger charge is 2.39. The van der Waals surface area contributed by atoms with E-state index in [2.05, 4.69) is 44.2 Å². The third-order valence-corrected chi connectivity index (χ3v) is 4.68. The van der Waals surface area contributed by atoms with E-state index in [4.69, 9.17) is 0 Å². The molecule has 0 amide bonds. The lowest BCUT2D eigenvalue weighted by Gasteiger charge is -2.44. The Bertz CT molecular complexity index is 314. The van der Waals surface area contributed by atoms with Crippen molar-refractivity contribution < 1.29 is 0 Å². The molecule has 0 aromatic heterocycles. The van der Waals surface area contributed by atoms with E-state index in [1.165, 1.54) is 38.5 Å². The second kappa shape index (κ2) is 5.03. The quantitative estimate of drug-likeness (QED) is 0.671. The van der Waals surface area contributed by atoms with Gasteiger partial charge in [-0.15, -0.1) is 0 Å². The first-order chi connectivity index (χ1) is 7.83. The molecule has 1 aliphatic carbocycles. The van der Waals surface area contributed by atoms with E-state index in [9.17, 15) is 0 Å². The molecule has 1 fully saturated rings. The van der Waals surface area contributed by atoms with Crippen LogP contribution in [0, 0.1) is 5.92 Å². The Hall–Kier alpha value is -0.780. The number of hydrogen-bond acceptors (Lipinski definition) is 0. The molecule has 0 heterocycles. The van der Waals surface area contributed by atoms with Crippen molar-refractivity contribution in [2.75, 3.05) is 0 Å². The lowest BCUT2D eigenvalue weighted by Crippen LogP contribution is -2.37. The maximum Gasteiger partial charge on any atom is -0.00215 e. The Kier molecular flexibility index (Phi) is 3.68. The molecule has 1 saturated carbocycles. The van der Waals surface area contributed by atoms with Crippen molar-refractivity contribution >= 4 is 0 Å². The minimum absolute atomic E-state index is 0.480. The van der Waals surface area contributed by atoms with Gasteiger partial charge in [-0.1, -0.05) is 63.4 Å². The van der Waals surface area contributed by atoms with Gasteiger partial charge in [-0.3, -0.25) is 0 Å². The van der Waals surface area contributed by atoms with Gasteiger partial charge < -0.3 is 0 Å². The van der Waals surface area contributed by atoms with Crippen LogP contribution >= 0.6 is 0 Å². The van der Waals surface area contributed by atoms with Crippen LogP contribution in [0.15, 0.2) is 30.3 Å². The van der Waals surface area contributed by atoms with Crippen LogP contribution < -0.4 is 0 Å². The third kappa shape index (κ3) is 1.90. The molecule has 0 spiro atoms. The molecular formula is C16H24. The summed E-state index contributed by atoms with van der Waals surface area (Å²) in [6.07, 6.45) is 8.32. The molecule has 0 saturated heterocycles. The lowest BCUT2D eigenvalue weighted by molar-refractivity contribution is 0.171. The fourth-order valence-corrected chi connectivity index (χ4v) is 3.73. The molecule has 2 rings (SSSR count). The molecule has 0 radical (unpaired) electrons. The van der Waals surface area contributed by atoms with Crippen LogP contribution in [0.1, 0.15) is 57.9 Å². The van der Waals surface area contributed by atoms with E-state index in [0.29, 0.717) is 5.41 Å². The first-order valence-corrected chi connectivity index (χ1v) is 6.89. The highest BCUT2D eigenvalue weighted by atomic mass is 14.4. The van der Waals surface area contributed by atoms with Gasteiger partial charge >= 0.3 is 0 Å². The van der Waals surface area contributed by atoms with Crippen LogP contribution in [-0.2, 0) is 5.41 Å². The molecular weight excluding hydrogens is 192 g/mol. The molecule has 1 aliphatic rings. The maximum atomic E-state index is 2.38.